The summed E-state index contributed by atoms with van der Waals surface area (Å²) in [6, 6.07) is 0.809. The number of nitrogens with zero attached hydrogens (tertiary/aromatic N) is 3. The third-order valence-electron chi connectivity index (χ3n) is 3.49. The van der Waals surface area contributed by atoms with E-state index < -0.39 is 0 Å². The van der Waals surface area contributed by atoms with Crippen molar-refractivity contribution in [1.82, 2.24) is 15.0 Å². The molecule has 2 unspecified atom stereocenters. The second-order valence-corrected chi connectivity index (χ2v) is 6.16. The molecule has 1 saturated carbocycles. The normalized spacial score (nSPS) is 21.3. The number of nitrogens with one attached hydrogen (secondary N) is 2. The minimum atomic E-state index is 0.382. The van der Waals surface area contributed by atoms with Crippen LogP contribution in [0, 0.1) is 0 Å². The zero-order chi connectivity index (χ0) is 15.1. The number of rotatable bonds is 8. The van der Waals surface area contributed by atoms with Gasteiger partial charge in [-0.05, 0) is 32.4 Å². The fourth-order valence-corrected chi connectivity index (χ4v) is 3.40. The Bertz CT molecular complexity index is 445. The first-order chi connectivity index (χ1) is 10.3. The average Bonchev–Trinajstić information content (AvgIpc) is 2.92. The predicted octanol–water partition coefficient (Wildman–Crippen LogP) is 2.79. The summed E-state index contributed by atoms with van der Waals surface area (Å²) in [7, 11) is 0. The summed E-state index contributed by atoms with van der Waals surface area (Å²) >= 11 is 1.91. The van der Waals surface area contributed by atoms with Gasteiger partial charge in [-0.25, -0.2) is 0 Å². The van der Waals surface area contributed by atoms with E-state index in [4.69, 9.17) is 4.74 Å². The van der Waals surface area contributed by atoms with Gasteiger partial charge >= 0.3 is 6.01 Å². The summed E-state index contributed by atoms with van der Waals surface area (Å²) < 4.78 is 5.44. The van der Waals surface area contributed by atoms with Crippen LogP contribution in [0.25, 0.3) is 0 Å². The molecule has 0 bridgehead atoms. The second-order valence-electron chi connectivity index (χ2n) is 5.08. The number of aromatic nitrogens is 3. The van der Waals surface area contributed by atoms with Crippen LogP contribution in [-0.4, -0.2) is 45.7 Å². The highest BCUT2D eigenvalue weighted by atomic mass is 32.2. The van der Waals surface area contributed by atoms with Crippen molar-refractivity contribution < 1.29 is 4.74 Å². The Morgan fingerprint density at radius 2 is 2.00 bits per heavy atom. The lowest BCUT2D eigenvalue weighted by Gasteiger charge is -2.19. The summed E-state index contributed by atoms with van der Waals surface area (Å²) in [5, 5.41) is 7.28. The quantitative estimate of drug-likeness (QED) is 0.765. The summed E-state index contributed by atoms with van der Waals surface area (Å²) in [6.45, 7) is 5.43. The molecule has 0 saturated heterocycles. The van der Waals surface area contributed by atoms with Gasteiger partial charge in [-0.2, -0.15) is 26.7 Å². The van der Waals surface area contributed by atoms with Crippen molar-refractivity contribution >= 4 is 23.7 Å². The van der Waals surface area contributed by atoms with Gasteiger partial charge in [-0.1, -0.05) is 13.3 Å². The highest BCUT2D eigenvalue weighted by Crippen LogP contribution is 2.30. The van der Waals surface area contributed by atoms with Crippen molar-refractivity contribution in [2.45, 2.75) is 50.8 Å². The van der Waals surface area contributed by atoms with Crippen molar-refractivity contribution in [3.05, 3.63) is 0 Å². The highest BCUT2D eigenvalue weighted by molar-refractivity contribution is 7.99. The third kappa shape index (κ3) is 4.62. The molecule has 1 aliphatic carbocycles. The van der Waals surface area contributed by atoms with Crippen molar-refractivity contribution in [3.8, 4) is 6.01 Å². The van der Waals surface area contributed by atoms with Gasteiger partial charge in [0, 0.05) is 17.8 Å². The number of thioether (sulfide) groups is 1. The van der Waals surface area contributed by atoms with Crippen molar-refractivity contribution in [2.24, 2.45) is 0 Å². The van der Waals surface area contributed by atoms with Gasteiger partial charge in [0.15, 0.2) is 0 Å². The maximum Gasteiger partial charge on any atom is 0.323 e. The Labute approximate surface area is 130 Å². The van der Waals surface area contributed by atoms with Gasteiger partial charge in [-0.3, -0.25) is 0 Å². The van der Waals surface area contributed by atoms with Crippen LogP contribution in [0.1, 0.15) is 39.5 Å². The molecule has 1 aliphatic rings. The number of ether oxygens (including phenoxy) is 1. The molecule has 1 fully saturated rings. The van der Waals surface area contributed by atoms with Crippen LogP contribution in [0.2, 0.25) is 0 Å². The highest BCUT2D eigenvalue weighted by Gasteiger charge is 2.27. The molecule has 0 radical (unpaired) electrons. The minimum absolute atomic E-state index is 0.382. The van der Waals surface area contributed by atoms with Crippen molar-refractivity contribution in [2.75, 3.05) is 30.0 Å². The third-order valence-corrected chi connectivity index (χ3v) is 4.66. The Kier molecular flexibility index (Phi) is 6.35. The summed E-state index contributed by atoms with van der Waals surface area (Å²) in [6.07, 6.45) is 6.86. The number of hydrogen-bond donors (Lipinski definition) is 2. The molecule has 2 N–H and O–H groups in total. The van der Waals surface area contributed by atoms with Gasteiger partial charge < -0.3 is 15.4 Å². The van der Waals surface area contributed by atoms with Gasteiger partial charge in [0.05, 0.1) is 6.61 Å². The van der Waals surface area contributed by atoms with Crippen LogP contribution in [0.15, 0.2) is 0 Å². The summed E-state index contributed by atoms with van der Waals surface area (Å²) in [4.78, 5) is 13.1. The van der Waals surface area contributed by atoms with E-state index in [0.29, 0.717) is 35.8 Å². The van der Waals surface area contributed by atoms with E-state index in [1.165, 1.54) is 19.3 Å². The van der Waals surface area contributed by atoms with Gasteiger partial charge in [0.2, 0.25) is 11.9 Å². The van der Waals surface area contributed by atoms with Crippen LogP contribution in [0.4, 0.5) is 11.9 Å². The minimum Gasteiger partial charge on any atom is -0.464 e. The summed E-state index contributed by atoms with van der Waals surface area (Å²) in [5.41, 5.74) is 0. The predicted molar refractivity (Wildman–Crippen MR) is 88.3 cm³/mol. The average molecular weight is 311 g/mol. The molecule has 1 aromatic heterocycles. The Morgan fingerprint density at radius 1 is 1.19 bits per heavy atom. The lowest BCUT2D eigenvalue weighted by Crippen LogP contribution is -2.27. The maximum atomic E-state index is 5.44. The lowest BCUT2D eigenvalue weighted by atomic mass is 10.2. The first-order valence-electron chi connectivity index (χ1n) is 7.68. The fraction of sp³-hybridized carbons (Fsp3) is 0.786. The molecular weight excluding hydrogens is 286 g/mol. The molecule has 1 aromatic rings. The fourth-order valence-electron chi connectivity index (χ4n) is 2.47. The van der Waals surface area contributed by atoms with Gasteiger partial charge in [0.1, 0.15) is 0 Å². The maximum absolute atomic E-state index is 5.44. The molecule has 0 aromatic carbocycles. The van der Waals surface area contributed by atoms with E-state index in [2.05, 4.69) is 38.8 Å². The van der Waals surface area contributed by atoms with E-state index in [0.717, 1.165) is 13.0 Å². The number of hydrogen-bond acceptors (Lipinski definition) is 7. The second kappa shape index (κ2) is 8.26. The van der Waals surface area contributed by atoms with Crippen LogP contribution in [0.5, 0.6) is 6.01 Å². The van der Waals surface area contributed by atoms with Gasteiger partial charge in [0.25, 0.3) is 0 Å². The standard InChI is InChI=1S/C14H25N5OS/c1-4-9-15-12-17-13(19-14(18-12)20-5-2)16-10-7-6-8-11(10)21-3/h10-11H,4-9H2,1-3H3,(H2,15,16,17,18,19). The zero-order valence-electron chi connectivity index (χ0n) is 13.1. The van der Waals surface area contributed by atoms with Crippen LogP contribution in [-0.2, 0) is 0 Å². The molecule has 0 aliphatic heterocycles. The van der Waals surface area contributed by atoms with Crippen LogP contribution in [0.3, 0.4) is 0 Å². The smallest absolute Gasteiger partial charge is 0.323 e. The first kappa shape index (κ1) is 16.1. The molecule has 2 rings (SSSR count). The zero-order valence-corrected chi connectivity index (χ0v) is 13.9. The van der Waals surface area contributed by atoms with Crippen molar-refractivity contribution in [1.29, 1.82) is 0 Å². The SMILES string of the molecule is CCCNc1nc(NC2CCCC2SC)nc(OCC)n1. The van der Waals surface area contributed by atoms with Crippen LogP contribution >= 0.6 is 11.8 Å². The molecule has 0 spiro atoms. The largest absolute Gasteiger partial charge is 0.464 e. The monoisotopic (exact) mass is 311 g/mol. The van der Waals surface area contributed by atoms with Gasteiger partial charge in [-0.15, -0.1) is 0 Å². The van der Waals surface area contributed by atoms with Crippen LogP contribution < -0.4 is 15.4 Å². The Hall–Kier alpha value is -1.24. The number of anilines is 2. The summed E-state index contributed by atoms with van der Waals surface area (Å²) in [5.74, 6) is 1.19. The van der Waals surface area contributed by atoms with Crippen molar-refractivity contribution in [3.63, 3.8) is 0 Å². The molecule has 1 heterocycles. The van der Waals surface area contributed by atoms with E-state index in [-0.39, 0.29) is 0 Å². The molecule has 0 amide bonds. The lowest BCUT2D eigenvalue weighted by molar-refractivity contribution is 0.312. The van der Waals surface area contributed by atoms with E-state index in [9.17, 15) is 0 Å². The topological polar surface area (TPSA) is 72.0 Å². The van der Waals surface area contributed by atoms with E-state index in [1.807, 2.05) is 18.7 Å². The van der Waals surface area contributed by atoms with E-state index >= 15 is 0 Å². The van der Waals surface area contributed by atoms with E-state index in [1.54, 1.807) is 0 Å². The molecule has 7 heteroatoms. The molecular formula is C14H25N5OS. The molecule has 21 heavy (non-hydrogen) atoms. The molecule has 6 nitrogen and oxygen atoms in total. The first-order valence-corrected chi connectivity index (χ1v) is 8.97. The molecule has 118 valence electrons. The Balaban J connectivity index is 2.10. The molecule has 2 atom stereocenters. The Morgan fingerprint density at radius 3 is 2.71 bits per heavy atom.